The average Bonchev–Trinajstić information content (AvgIpc) is 3.00. The van der Waals surface area contributed by atoms with Gasteiger partial charge in [-0.2, -0.15) is 4.98 Å². The summed E-state index contributed by atoms with van der Waals surface area (Å²) in [6, 6.07) is 0. The molecular formula is C9H6N6OS. The molecule has 3 aromatic rings. The van der Waals surface area contributed by atoms with Crippen molar-refractivity contribution in [2.45, 2.75) is 0 Å². The normalized spacial score (nSPS) is 10.6. The van der Waals surface area contributed by atoms with E-state index >= 15 is 0 Å². The first-order chi connectivity index (χ1) is 8.34. The molecule has 0 aliphatic rings. The van der Waals surface area contributed by atoms with Gasteiger partial charge >= 0.3 is 0 Å². The standard InChI is InChI=1S/C9H6N6OS/c10-7-6(12-1-2-13-7)9-14-8(15-16-9)5-3-11-4-17-5/h1-4H,(H2,10,13). The van der Waals surface area contributed by atoms with E-state index in [1.807, 2.05) is 0 Å². The van der Waals surface area contributed by atoms with Crippen molar-refractivity contribution in [3.8, 4) is 22.3 Å². The lowest BCUT2D eigenvalue weighted by molar-refractivity contribution is 0.431. The topological polar surface area (TPSA) is 104 Å². The Hall–Kier alpha value is -2.35. The van der Waals surface area contributed by atoms with E-state index in [2.05, 4.69) is 25.1 Å². The summed E-state index contributed by atoms with van der Waals surface area (Å²) in [5.41, 5.74) is 7.75. The fourth-order valence-corrected chi connectivity index (χ4v) is 1.80. The first-order valence-electron chi connectivity index (χ1n) is 4.64. The first kappa shape index (κ1) is 9.85. The molecule has 0 aliphatic carbocycles. The molecule has 2 N–H and O–H groups in total. The highest BCUT2D eigenvalue weighted by Gasteiger charge is 2.15. The third-order valence-electron chi connectivity index (χ3n) is 2.01. The summed E-state index contributed by atoms with van der Waals surface area (Å²) in [6.45, 7) is 0. The predicted octanol–water partition coefficient (Wildman–Crippen LogP) is 1.23. The Balaban J connectivity index is 2.04. The van der Waals surface area contributed by atoms with Gasteiger partial charge in [-0.3, -0.25) is 4.98 Å². The second-order valence-electron chi connectivity index (χ2n) is 3.08. The minimum Gasteiger partial charge on any atom is -0.382 e. The van der Waals surface area contributed by atoms with Crippen LogP contribution in [0.1, 0.15) is 0 Å². The zero-order valence-electron chi connectivity index (χ0n) is 8.44. The van der Waals surface area contributed by atoms with Crippen LogP contribution in [0.5, 0.6) is 0 Å². The van der Waals surface area contributed by atoms with Crippen molar-refractivity contribution in [2.75, 3.05) is 5.73 Å². The Morgan fingerprint density at radius 2 is 2.12 bits per heavy atom. The van der Waals surface area contributed by atoms with Gasteiger partial charge in [-0.1, -0.05) is 5.16 Å². The van der Waals surface area contributed by atoms with Crippen LogP contribution < -0.4 is 5.73 Å². The molecule has 0 fully saturated rings. The maximum absolute atomic E-state index is 5.67. The van der Waals surface area contributed by atoms with Crippen LogP contribution in [0.15, 0.2) is 28.6 Å². The van der Waals surface area contributed by atoms with E-state index in [0.717, 1.165) is 4.88 Å². The lowest BCUT2D eigenvalue weighted by Gasteiger charge is -1.95. The van der Waals surface area contributed by atoms with Gasteiger partial charge < -0.3 is 10.3 Å². The van der Waals surface area contributed by atoms with E-state index in [0.29, 0.717) is 11.5 Å². The summed E-state index contributed by atoms with van der Waals surface area (Å²) in [4.78, 5) is 16.9. The van der Waals surface area contributed by atoms with Crippen LogP contribution >= 0.6 is 11.3 Å². The summed E-state index contributed by atoms with van der Waals surface area (Å²) < 4.78 is 5.09. The van der Waals surface area contributed by atoms with Crippen molar-refractivity contribution in [3.63, 3.8) is 0 Å². The predicted molar refractivity (Wildman–Crippen MR) is 60.8 cm³/mol. The van der Waals surface area contributed by atoms with E-state index in [9.17, 15) is 0 Å². The number of hydrogen-bond donors (Lipinski definition) is 1. The molecule has 0 atom stereocenters. The molecule has 0 amide bonds. The van der Waals surface area contributed by atoms with E-state index in [-0.39, 0.29) is 11.7 Å². The number of nitrogens with two attached hydrogens (primary N) is 1. The van der Waals surface area contributed by atoms with Crippen molar-refractivity contribution in [1.29, 1.82) is 0 Å². The van der Waals surface area contributed by atoms with Crippen molar-refractivity contribution < 1.29 is 4.52 Å². The van der Waals surface area contributed by atoms with Gasteiger partial charge in [-0.15, -0.1) is 11.3 Å². The van der Waals surface area contributed by atoms with Crippen molar-refractivity contribution in [1.82, 2.24) is 25.1 Å². The second-order valence-corrected chi connectivity index (χ2v) is 3.97. The summed E-state index contributed by atoms with van der Waals surface area (Å²) in [6.07, 6.45) is 4.68. The third-order valence-corrected chi connectivity index (χ3v) is 2.78. The molecule has 84 valence electrons. The molecule has 0 saturated heterocycles. The number of rotatable bonds is 2. The van der Waals surface area contributed by atoms with Crippen molar-refractivity contribution in [3.05, 3.63) is 24.1 Å². The molecule has 0 bridgehead atoms. The van der Waals surface area contributed by atoms with Crippen LogP contribution in [-0.4, -0.2) is 25.1 Å². The fraction of sp³-hybridized carbons (Fsp3) is 0. The lowest BCUT2D eigenvalue weighted by atomic mass is 10.4. The Bertz CT molecular complexity index is 634. The van der Waals surface area contributed by atoms with Crippen LogP contribution in [0.4, 0.5) is 5.82 Å². The molecule has 0 spiro atoms. The molecule has 17 heavy (non-hydrogen) atoms. The molecule has 0 aromatic carbocycles. The van der Waals surface area contributed by atoms with Crippen LogP contribution in [0.3, 0.4) is 0 Å². The number of nitrogen functional groups attached to an aromatic ring is 1. The van der Waals surface area contributed by atoms with Gasteiger partial charge in [0.1, 0.15) is 0 Å². The van der Waals surface area contributed by atoms with Crippen molar-refractivity contribution >= 4 is 17.2 Å². The molecule has 7 nitrogen and oxygen atoms in total. The Kier molecular flexibility index (Phi) is 2.26. The van der Waals surface area contributed by atoms with Gasteiger partial charge in [-0.25, -0.2) is 9.97 Å². The van der Waals surface area contributed by atoms with Gasteiger partial charge in [0.15, 0.2) is 11.5 Å². The molecule has 3 heterocycles. The number of nitrogens with zero attached hydrogens (tertiary/aromatic N) is 5. The lowest BCUT2D eigenvalue weighted by Crippen LogP contribution is -1.95. The first-order valence-corrected chi connectivity index (χ1v) is 5.52. The number of thiazole rings is 1. The minimum absolute atomic E-state index is 0.249. The highest BCUT2D eigenvalue weighted by Crippen LogP contribution is 2.24. The number of anilines is 1. The Morgan fingerprint density at radius 3 is 2.88 bits per heavy atom. The Labute approximate surface area is 99.4 Å². The second kappa shape index (κ2) is 3.91. The van der Waals surface area contributed by atoms with Gasteiger partial charge in [0, 0.05) is 18.6 Å². The average molecular weight is 246 g/mol. The van der Waals surface area contributed by atoms with E-state index < -0.39 is 0 Å². The van der Waals surface area contributed by atoms with Crippen LogP contribution in [0.2, 0.25) is 0 Å². The summed E-state index contributed by atoms with van der Waals surface area (Å²) in [5.74, 6) is 0.971. The van der Waals surface area contributed by atoms with Gasteiger partial charge in [0.05, 0.1) is 10.4 Å². The largest absolute Gasteiger partial charge is 0.382 e. The van der Waals surface area contributed by atoms with Gasteiger partial charge in [-0.05, 0) is 0 Å². The molecule has 0 saturated carbocycles. The van der Waals surface area contributed by atoms with Crippen molar-refractivity contribution in [2.24, 2.45) is 0 Å². The Morgan fingerprint density at radius 1 is 1.24 bits per heavy atom. The smallest absolute Gasteiger partial charge is 0.280 e. The van der Waals surface area contributed by atoms with Crippen LogP contribution in [-0.2, 0) is 0 Å². The highest BCUT2D eigenvalue weighted by atomic mass is 32.1. The molecule has 0 radical (unpaired) electrons. The zero-order chi connectivity index (χ0) is 11.7. The monoisotopic (exact) mass is 246 g/mol. The van der Waals surface area contributed by atoms with E-state index in [1.165, 1.54) is 23.7 Å². The highest BCUT2D eigenvalue weighted by molar-refractivity contribution is 7.13. The third kappa shape index (κ3) is 1.74. The molecule has 3 rings (SSSR count). The van der Waals surface area contributed by atoms with E-state index in [4.69, 9.17) is 10.3 Å². The summed E-state index contributed by atoms with van der Waals surface area (Å²) in [5, 5.41) is 3.84. The molecular weight excluding hydrogens is 240 g/mol. The van der Waals surface area contributed by atoms with Gasteiger partial charge in [0.2, 0.25) is 5.82 Å². The maximum atomic E-state index is 5.67. The molecule has 0 aliphatic heterocycles. The molecule has 8 heteroatoms. The maximum Gasteiger partial charge on any atom is 0.280 e. The zero-order valence-corrected chi connectivity index (χ0v) is 9.26. The van der Waals surface area contributed by atoms with Gasteiger partial charge in [0.25, 0.3) is 5.89 Å². The summed E-state index contributed by atoms with van der Waals surface area (Å²) >= 11 is 1.43. The minimum atomic E-state index is 0.249. The van der Waals surface area contributed by atoms with Crippen LogP contribution in [0, 0.1) is 0 Å². The van der Waals surface area contributed by atoms with Crippen LogP contribution in [0.25, 0.3) is 22.3 Å². The fourth-order valence-electron chi connectivity index (χ4n) is 1.26. The SMILES string of the molecule is Nc1nccnc1-c1nc(-c2cncs2)no1. The number of hydrogen-bond acceptors (Lipinski definition) is 8. The quantitative estimate of drug-likeness (QED) is 0.725. The number of aromatic nitrogens is 5. The van der Waals surface area contributed by atoms with E-state index in [1.54, 1.807) is 11.7 Å². The molecule has 3 aromatic heterocycles. The molecule has 0 unspecified atom stereocenters. The summed E-state index contributed by atoms with van der Waals surface area (Å²) in [7, 11) is 0.